The number of benzene rings is 13. The van der Waals surface area contributed by atoms with Crippen molar-refractivity contribution in [3.05, 3.63) is 279 Å². The molecule has 0 aliphatic heterocycles. The second-order valence-electron chi connectivity index (χ2n) is 19.1. The number of aromatic nitrogens is 2. The molecular formula is C71H46N2. The number of hydrogen-bond donors (Lipinski definition) is 0. The summed E-state index contributed by atoms with van der Waals surface area (Å²) in [4.78, 5) is 5.25. The Kier molecular flexibility index (Phi) is 10.2. The van der Waals surface area contributed by atoms with E-state index in [0.29, 0.717) is 0 Å². The maximum atomic E-state index is 5.25. The predicted molar refractivity (Wildman–Crippen MR) is 309 cm³/mol. The Balaban J connectivity index is 0.883. The maximum Gasteiger partial charge on any atom is 0.145 e. The van der Waals surface area contributed by atoms with E-state index in [0.717, 1.165) is 39.2 Å². The van der Waals surface area contributed by atoms with E-state index >= 15 is 0 Å². The van der Waals surface area contributed by atoms with Crippen molar-refractivity contribution in [2.24, 2.45) is 0 Å². The third-order valence-corrected chi connectivity index (χ3v) is 14.8. The molecule has 0 saturated heterocycles. The van der Waals surface area contributed by atoms with E-state index in [1.54, 1.807) is 0 Å². The van der Waals surface area contributed by atoms with Crippen molar-refractivity contribution in [2.45, 2.75) is 0 Å². The van der Waals surface area contributed by atoms with Gasteiger partial charge < -0.3 is 0 Å². The van der Waals surface area contributed by atoms with Crippen LogP contribution >= 0.6 is 0 Å². The first-order valence-corrected chi connectivity index (χ1v) is 25.1. The molecule has 0 unspecified atom stereocenters. The van der Waals surface area contributed by atoms with E-state index in [1.165, 1.54) is 98.7 Å². The van der Waals surface area contributed by atoms with Gasteiger partial charge in [-0.05, 0) is 152 Å². The quantitative estimate of drug-likeness (QED) is 0.139. The lowest BCUT2D eigenvalue weighted by Gasteiger charge is -2.19. The van der Waals surface area contributed by atoms with Crippen LogP contribution in [0.25, 0.3) is 138 Å². The van der Waals surface area contributed by atoms with Crippen molar-refractivity contribution in [3.63, 3.8) is 0 Å². The Bertz CT molecular complexity index is 4380. The first kappa shape index (κ1) is 42.3. The normalized spacial score (nSPS) is 11.6. The van der Waals surface area contributed by atoms with Crippen LogP contribution in [-0.4, -0.2) is 9.55 Å². The van der Waals surface area contributed by atoms with Crippen molar-refractivity contribution in [1.29, 1.82) is 0 Å². The molecule has 0 fully saturated rings. The van der Waals surface area contributed by atoms with Crippen molar-refractivity contribution in [1.82, 2.24) is 9.55 Å². The molecular weight excluding hydrogens is 881 g/mol. The monoisotopic (exact) mass is 926 g/mol. The topological polar surface area (TPSA) is 17.8 Å². The molecule has 0 bridgehead atoms. The summed E-state index contributed by atoms with van der Waals surface area (Å²) >= 11 is 0. The van der Waals surface area contributed by atoms with Crippen LogP contribution in [0.5, 0.6) is 0 Å². The molecule has 13 aromatic carbocycles. The Labute approximate surface area is 424 Å². The molecule has 0 N–H and O–H groups in total. The van der Waals surface area contributed by atoms with Crippen molar-refractivity contribution < 1.29 is 0 Å². The first-order valence-electron chi connectivity index (χ1n) is 25.1. The summed E-state index contributed by atoms with van der Waals surface area (Å²) in [5.41, 5.74) is 18.5. The van der Waals surface area contributed by atoms with Crippen LogP contribution in [0.2, 0.25) is 0 Å². The van der Waals surface area contributed by atoms with E-state index in [2.05, 4.69) is 284 Å². The molecule has 0 atom stereocenters. The molecule has 0 amide bonds. The highest BCUT2D eigenvalue weighted by molar-refractivity contribution is 6.22. The third-order valence-electron chi connectivity index (χ3n) is 14.8. The lowest BCUT2D eigenvalue weighted by molar-refractivity contribution is 1.10. The highest BCUT2D eigenvalue weighted by Gasteiger charge is 2.19. The molecule has 0 aliphatic rings. The minimum absolute atomic E-state index is 0.930. The van der Waals surface area contributed by atoms with Crippen LogP contribution in [0.4, 0.5) is 0 Å². The molecule has 1 aromatic heterocycles. The molecule has 0 saturated carbocycles. The summed E-state index contributed by atoms with van der Waals surface area (Å²) in [5.74, 6) is 0.930. The van der Waals surface area contributed by atoms with Gasteiger partial charge in [-0.15, -0.1) is 0 Å². The van der Waals surface area contributed by atoms with Gasteiger partial charge in [-0.3, -0.25) is 4.57 Å². The Morgan fingerprint density at radius 2 is 0.616 bits per heavy atom. The zero-order valence-corrected chi connectivity index (χ0v) is 40.0. The SMILES string of the molecule is c1ccc(-c2nc3cc(-c4ccc(-c5ccc6c(-c7ccc(-c8ccc9ccccc9c8)cc7)c7ccccc7c(-c7ccc(-c8ccc9ccccc9c8)cc7)c6c5)cc4)ccc3n2-c2ccccc2)cc1. The van der Waals surface area contributed by atoms with Gasteiger partial charge >= 0.3 is 0 Å². The number of fused-ring (bicyclic) bond motifs is 5. The van der Waals surface area contributed by atoms with Crippen LogP contribution < -0.4 is 0 Å². The summed E-state index contributed by atoms with van der Waals surface area (Å²) in [6.07, 6.45) is 0. The molecule has 14 aromatic rings. The summed E-state index contributed by atoms with van der Waals surface area (Å²) in [6, 6.07) is 102. The van der Waals surface area contributed by atoms with Crippen LogP contribution in [0.1, 0.15) is 0 Å². The third kappa shape index (κ3) is 7.56. The van der Waals surface area contributed by atoms with E-state index in [9.17, 15) is 0 Å². The number of para-hydroxylation sites is 1. The van der Waals surface area contributed by atoms with Gasteiger partial charge in [0, 0.05) is 11.3 Å². The number of nitrogens with zero attached hydrogens (tertiary/aromatic N) is 2. The zero-order valence-electron chi connectivity index (χ0n) is 40.0. The Hall–Kier alpha value is -9.63. The summed E-state index contributed by atoms with van der Waals surface area (Å²) < 4.78 is 2.26. The molecule has 2 heteroatoms. The van der Waals surface area contributed by atoms with Crippen LogP contribution in [0.3, 0.4) is 0 Å². The van der Waals surface area contributed by atoms with E-state index < -0.39 is 0 Å². The van der Waals surface area contributed by atoms with Gasteiger partial charge in [0.1, 0.15) is 5.82 Å². The molecule has 0 spiro atoms. The predicted octanol–water partition coefficient (Wildman–Crippen LogP) is 19.3. The van der Waals surface area contributed by atoms with Crippen LogP contribution in [-0.2, 0) is 0 Å². The average molecular weight is 927 g/mol. The molecule has 0 aliphatic carbocycles. The van der Waals surface area contributed by atoms with Gasteiger partial charge in [-0.2, -0.15) is 0 Å². The van der Waals surface area contributed by atoms with Gasteiger partial charge in [0.15, 0.2) is 0 Å². The molecule has 2 nitrogen and oxygen atoms in total. The molecule has 1 heterocycles. The summed E-state index contributed by atoms with van der Waals surface area (Å²) in [5, 5.41) is 9.92. The fraction of sp³-hybridized carbons (Fsp3) is 0. The molecule has 73 heavy (non-hydrogen) atoms. The summed E-state index contributed by atoms with van der Waals surface area (Å²) in [6.45, 7) is 0. The number of hydrogen-bond acceptors (Lipinski definition) is 1. The Morgan fingerprint density at radius 1 is 0.233 bits per heavy atom. The van der Waals surface area contributed by atoms with Crippen LogP contribution in [0.15, 0.2) is 279 Å². The maximum absolute atomic E-state index is 5.25. The number of imidazole rings is 1. The van der Waals surface area contributed by atoms with E-state index in [4.69, 9.17) is 4.98 Å². The zero-order chi connectivity index (χ0) is 48.2. The van der Waals surface area contributed by atoms with Crippen molar-refractivity contribution in [3.8, 4) is 83.8 Å². The second kappa shape index (κ2) is 17.6. The first-order chi connectivity index (χ1) is 36.2. The molecule has 340 valence electrons. The lowest BCUT2D eigenvalue weighted by atomic mass is 9.84. The van der Waals surface area contributed by atoms with Crippen molar-refractivity contribution >= 4 is 54.1 Å². The van der Waals surface area contributed by atoms with Gasteiger partial charge in [0.05, 0.1) is 11.0 Å². The van der Waals surface area contributed by atoms with Crippen LogP contribution in [0, 0.1) is 0 Å². The largest absolute Gasteiger partial charge is 0.292 e. The van der Waals surface area contributed by atoms with Gasteiger partial charge in [-0.25, -0.2) is 4.98 Å². The minimum Gasteiger partial charge on any atom is -0.292 e. The Morgan fingerprint density at radius 3 is 1.16 bits per heavy atom. The average Bonchev–Trinajstić information content (AvgIpc) is 3.86. The van der Waals surface area contributed by atoms with E-state index in [-0.39, 0.29) is 0 Å². The smallest absolute Gasteiger partial charge is 0.145 e. The highest BCUT2D eigenvalue weighted by Crippen LogP contribution is 2.46. The van der Waals surface area contributed by atoms with Gasteiger partial charge in [0.2, 0.25) is 0 Å². The fourth-order valence-corrected chi connectivity index (χ4v) is 11.1. The lowest BCUT2D eigenvalue weighted by Crippen LogP contribution is -1.97. The molecule has 14 rings (SSSR count). The molecule has 0 radical (unpaired) electrons. The van der Waals surface area contributed by atoms with E-state index in [1.807, 2.05) is 0 Å². The highest BCUT2D eigenvalue weighted by atomic mass is 15.1. The minimum atomic E-state index is 0.930. The summed E-state index contributed by atoms with van der Waals surface area (Å²) in [7, 11) is 0. The van der Waals surface area contributed by atoms with Gasteiger partial charge in [-0.1, -0.05) is 237 Å². The second-order valence-corrected chi connectivity index (χ2v) is 19.1. The van der Waals surface area contributed by atoms with Crippen molar-refractivity contribution in [2.75, 3.05) is 0 Å². The fourth-order valence-electron chi connectivity index (χ4n) is 11.1. The van der Waals surface area contributed by atoms with Gasteiger partial charge in [0.25, 0.3) is 0 Å². The standard InChI is InChI=1S/C71H46N2/c1-3-15-55(16-4-1)71-72-67-46-61(40-42-68(67)73(71)62-19-5-2-6-20-62)52-25-23-51(24-26-52)60-39-41-65-66(45-60)70(54-35-29-50(30-36-54)59-38-32-48-14-8-10-18-57(48)44-59)64-22-12-11-21-63(64)69(65)53-33-27-49(28-34-53)58-37-31-47-13-7-9-17-56(47)43-58/h1-46H. The number of rotatable bonds is 8.